The van der Waals surface area contributed by atoms with Crippen molar-refractivity contribution in [1.29, 1.82) is 0 Å². The third-order valence-electron chi connectivity index (χ3n) is 4.55. The van der Waals surface area contributed by atoms with Crippen LogP contribution >= 0.6 is 0 Å². The number of nitrogens with zero attached hydrogens (tertiary/aromatic N) is 1. The third-order valence-corrected chi connectivity index (χ3v) is 4.55. The van der Waals surface area contributed by atoms with Crippen molar-refractivity contribution in [3.8, 4) is 17.6 Å². The Kier molecular flexibility index (Phi) is 4.50. The molecule has 1 aliphatic rings. The monoisotopic (exact) mass is 335 g/mol. The zero-order valence-corrected chi connectivity index (χ0v) is 14.7. The van der Waals surface area contributed by atoms with Crippen LogP contribution in [0.4, 0.5) is 0 Å². The van der Waals surface area contributed by atoms with Gasteiger partial charge in [-0.15, -0.1) is 0 Å². The predicted octanol–water partition coefficient (Wildman–Crippen LogP) is 3.48. The van der Waals surface area contributed by atoms with Crippen molar-refractivity contribution < 1.29 is 14.6 Å². The van der Waals surface area contributed by atoms with Gasteiger partial charge >= 0.3 is 5.97 Å². The molecule has 0 spiro atoms. The molecule has 1 aromatic carbocycles. The highest BCUT2D eigenvalue weighted by Crippen LogP contribution is 2.39. The maximum atomic E-state index is 10.7. The molecule has 3 rings (SSSR count). The molecule has 1 aromatic heterocycles. The Morgan fingerprint density at radius 1 is 1.32 bits per heavy atom. The largest absolute Gasteiger partial charge is 0.493 e. The van der Waals surface area contributed by atoms with E-state index in [9.17, 15) is 4.79 Å². The molecule has 0 radical (unpaired) electrons. The van der Waals surface area contributed by atoms with Gasteiger partial charge in [-0.25, -0.2) is 4.98 Å². The minimum atomic E-state index is -0.866. The van der Waals surface area contributed by atoms with Crippen LogP contribution in [0.15, 0.2) is 30.5 Å². The number of carbonyl (C=O) groups is 1. The quantitative estimate of drug-likeness (QED) is 0.854. The second-order valence-corrected chi connectivity index (χ2v) is 7.02. The number of aryl methyl sites for hydroxylation is 1. The minimum Gasteiger partial charge on any atom is -0.493 e. The average molecular weight is 335 g/mol. The smallest absolute Gasteiger partial charge is 0.307 e. The maximum absolute atomic E-state index is 10.7. The SMILES string of the molecule is Cc1cc2c(cc1C#Cc1ccc(CC(=O)O)cn1)C(C)(C)CCO2. The summed E-state index contributed by atoms with van der Waals surface area (Å²) < 4.78 is 5.79. The number of carboxylic acid groups (broad SMARTS) is 1. The van der Waals surface area contributed by atoms with E-state index in [-0.39, 0.29) is 11.8 Å². The van der Waals surface area contributed by atoms with Crippen LogP contribution in [0, 0.1) is 18.8 Å². The van der Waals surface area contributed by atoms with Gasteiger partial charge in [-0.3, -0.25) is 4.79 Å². The highest BCUT2D eigenvalue weighted by Gasteiger charge is 2.29. The molecule has 0 atom stereocenters. The van der Waals surface area contributed by atoms with Crippen LogP contribution in [0.5, 0.6) is 5.75 Å². The molecule has 4 nitrogen and oxygen atoms in total. The lowest BCUT2D eigenvalue weighted by Crippen LogP contribution is -2.26. The van der Waals surface area contributed by atoms with Gasteiger partial charge in [-0.05, 0) is 54.0 Å². The lowest BCUT2D eigenvalue weighted by molar-refractivity contribution is -0.136. The number of ether oxygens (including phenoxy) is 1. The lowest BCUT2D eigenvalue weighted by atomic mass is 9.78. The summed E-state index contributed by atoms with van der Waals surface area (Å²) >= 11 is 0. The molecular weight excluding hydrogens is 314 g/mol. The fraction of sp³-hybridized carbons (Fsp3) is 0.333. The standard InChI is InChI=1S/C21H21NO3/c1-14-10-19-18(21(2,3)8-9-25-19)12-16(14)5-7-17-6-4-15(13-22-17)11-20(23)24/h4,6,10,12-13H,8-9,11H2,1-3H3,(H,23,24). The first kappa shape index (κ1) is 17.0. The fourth-order valence-electron chi connectivity index (χ4n) is 2.92. The highest BCUT2D eigenvalue weighted by molar-refractivity contribution is 5.70. The van der Waals surface area contributed by atoms with E-state index >= 15 is 0 Å². The average Bonchev–Trinajstić information content (AvgIpc) is 2.54. The van der Waals surface area contributed by atoms with Crippen LogP contribution < -0.4 is 4.74 Å². The van der Waals surface area contributed by atoms with Crippen LogP contribution in [-0.2, 0) is 16.6 Å². The van der Waals surface area contributed by atoms with Crippen molar-refractivity contribution in [2.24, 2.45) is 0 Å². The Balaban J connectivity index is 1.89. The molecule has 1 N–H and O–H groups in total. The molecule has 0 fully saturated rings. The molecule has 2 heterocycles. The van der Waals surface area contributed by atoms with Gasteiger partial charge in [-0.1, -0.05) is 25.8 Å². The summed E-state index contributed by atoms with van der Waals surface area (Å²) in [4.78, 5) is 14.9. The Morgan fingerprint density at radius 3 is 2.80 bits per heavy atom. The summed E-state index contributed by atoms with van der Waals surface area (Å²) in [5, 5.41) is 8.79. The molecule has 0 saturated carbocycles. The van der Waals surface area contributed by atoms with Crippen LogP contribution in [0.3, 0.4) is 0 Å². The van der Waals surface area contributed by atoms with Crippen LogP contribution in [0.25, 0.3) is 0 Å². The van der Waals surface area contributed by atoms with Gasteiger partial charge in [0.25, 0.3) is 0 Å². The van der Waals surface area contributed by atoms with Crippen molar-refractivity contribution in [2.45, 2.75) is 39.0 Å². The van der Waals surface area contributed by atoms with Gasteiger partial charge in [0.15, 0.2) is 0 Å². The van der Waals surface area contributed by atoms with Gasteiger partial charge in [0, 0.05) is 17.3 Å². The molecule has 0 amide bonds. The molecule has 1 aliphatic heterocycles. The van der Waals surface area contributed by atoms with E-state index in [2.05, 4.69) is 42.8 Å². The predicted molar refractivity (Wildman–Crippen MR) is 95.9 cm³/mol. The number of hydrogen-bond donors (Lipinski definition) is 1. The first-order valence-corrected chi connectivity index (χ1v) is 8.32. The van der Waals surface area contributed by atoms with Gasteiger partial charge in [-0.2, -0.15) is 0 Å². The van der Waals surface area contributed by atoms with Gasteiger partial charge in [0.1, 0.15) is 11.4 Å². The third kappa shape index (κ3) is 3.83. The minimum absolute atomic E-state index is 0.0281. The number of carboxylic acids is 1. The second kappa shape index (κ2) is 6.60. The first-order chi connectivity index (χ1) is 11.8. The number of aromatic nitrogens is 1. The highest BCUT2D eigenvalue weighted by atomic mass is 16.5. The Bertz CT molecular complexity index is 870. The van der Waals surface area contributed by atoms with E-state index in [0.29, 0.717) is 11.3 Å². The molecule has 0 saturated heterocycles. The second-order valence-electron chi connectivity index (χ2n) is 7.02. The van der Waals surface area contributed by atoms with Crippen LogP contribution in [0.2, 0.25) is 0 Å². The number of benzene rings is 1. The molecular formula is C21H21NO3. The van der Waals surface area contributed by atoms with Gasteiger partial charge in [0.05, 0.1) is 13.0 Å². The molecule has 0 bridgehead atoms. The molecule has 0 unspecified atom stereocenters. The summed E-state index contributed by atoms with van der Waals surface area (Å²) in [5.41, 5.74) is 4.61. The molecule has 128 valence electrons. The Labute approximate surface area is 147 Å². The van der Waals surface area contributed by atoms with E-state index < -0.39 is 5.97 Å². The van der Waals surface area contributed by atoms with Gasteiger partial charge in [0.2, 0.25) is 0 Å². The maximum Gasteiger partial charge on any atom is 0.307 e. The number of hydrogen-bond acceptors (Lipinski definition) is 3. The van der Waals surface area contributed by atoms with E-state index in [4.69, 9.17) is 9.84 Å². The van der Waals surface area contributed by atoms with Crippen molar-refractivity contribution in [3.63, 3.8) is 0 Å². The number of aliphatic carboxylic acids is 1. The zero-order chi connectivity index (χ0) is 18.0. The molecule has 0 aliphatic carbocycles. The summed E-state index contributed by atoms with van der Waals surface area (Å²) in [6, 6.07) is 7.69. The summed E-state index contributed by atoms with van der Waals surface area (Å²) in [5.74, 6) is 6.35. The van der Waals surface area contributed by atoms with Crippen molar-refractivity contribution >= 4 is 5.97 Å². The first-order valence-electron chi connectivity index (χ1n) is 8.32. The zero-order valence-electron chi connectivity index (χ0n) is 14.7. The topological polar surface area (TPSA) is 59.4 Å². The number of rotatable bonds is 2. The lowest BCUT2D eigenvalue weighted by Gasteiger charge is -2.33. The van der Waals surface area contributed by atoms with Crippen molar-refractivity contribution in [3.05, 3.63) is 58.4 Å². The Morgan fingerprint density at radius 2 is 2.12 bits per heavy atom. The summed E-state index contributed by atoms with van der Waals surface area (Å²) in [6.07, 6.45) is 2.52. The van der Waals surface area contributed by atoms with Crippen LogP contribution in [-0.4, -0.2) is 22.7 Å². The van der Waals surface area contributed by atoms with Crippen molar-refractivity contribution in [1.82, 2.24) is 4.98 Å². The van der Waals surface area contributed by atoms with E-state index in [1.807, 2.05) is 6.92 Å². The fourth-order valence-corrected chi connectivity index (χ4v) is 2.92. The normalized spacial score (nSPS) is 14.7. The Hall–Kier alpha value is -2.80. The van der Waals surface area contributed by atoms with Crippen molar-refractivity contribution in [2.75, 3.05) is 6.61 Å². The van der Waals surface area contributed by atoms with Gasteiger partial charge < -0.3 is 9.84 Å². The summed E-state index contributed by atoms with van der Waals surface area (Å²) in [6.45, 7) is 7.23. The van der Waals surface area contributed by atoms with E-state index in [0.717, 1.165) is 29.9 Å². The van der Waals surface area contributed by atoms with E-state index in [1.165, 1.54) is 5.56 Å². The van der Waals surface area contributed by atoms with Crippen LogP contribution in [0.1, 0.15) is 48.2 Å². The van der Waals surface area contributed by atoms with E-state index in [1.54, 1.807) is 18.3 Å². The molecule has 25 heavy (non-hydrogen) atoms. The summed E-state index contributed by atoms with van der Waals surface area (Å²) in [7, 11) is 0. The number of pyridine rings is 1. The molecule has 4 heteroatoms. The molecule has 2 aromatic rings. The number of fused-ring (bicyclic) bond motifs is 1.